The molecule has 1 N–H and O–H groups in total. The highest BCUT2D eigenvalue weighted by atomic mass is 32.1. The van der Waals surface area contributed by atoms with E-state index in [1.807, 2.05) is 22.7 Å². The number of nitrogens with zero attached hydrogens (tertiary/aromatic N) is 1. The van der Waals surface area contributed by atoms with Crippen molar-refractivity contribution in [2.45, 2.75) is 25.8 Å². The van der Waals surface area contributed by atoms with E-state index in [4.69, 9.17) is 0 Å². The molecule has 2 aromatic heterocycles. The van der Waals surface area contributed by atoms with E-state index in [0.717, 1.165) is 12.5 Å². The highest BCUT2D eigenvalue weighted by Gasteiger charge is 2.18. The van der Waals surface area contributed by atoms with Crippen LogP contribution in [-0.4, -0.2) is 31.1 Å². The van der Waals surface area contributed by atoms with E-state index in [2.05, 4.69) is 52.2 Å². The number of piperidine rings is 1. The van der Waals surface area contributed by atoms with Crippen LogP contribution in [-0.2, 0) is 0 Å². The quantitative estimate of drug-likeness (QED) is 0.857. The summed E-state index contributed by atoms with van der Waals surface area (Å²) < 4.78 is 0. The second-order valence-corrected chi connectivity index (χ2v) is 7.90. The van der Waals surface area contributed by atoms with Crippen LogP contribution in [0, 0.1) is 5.92 Å². The molecule has 3 rings (SSSR count). The van der Waals surface area contributed by atoms with E-state index < -0.39 is 0 Å². The summed E-state index contributed by atoms with van der Waals surface area (Å²) in [6.45, 7) is 7.14. The molecule has 0 aliphatic carbocycles. The molecule has 0 unspecified atom stereocenters. The van der Waals surface area contributed by atoms with E-state index in [1.54, 1.807) is 0 Å². The van der Waals surface area contributed by atoms with Gasteiger partial charge in [-0.25, -0.2) is 0 Å². The normalized spacial score (nSPS) is 17.6. The Morgan fingerprint density at radius 1 is 1.14 bits per heavy atom. The highest BCUT2D eigenvalue weighted by Crippen LogP contribution is 2.29. The zero-order chi connectivity index (χ0) is 14.5. The van der Waals surface area contributed by atoms with Gasteiger partial charge in [-0.3, -0.25) is 0 Å². The van der Waals surface area contributed by atoms with Crippen LogP contribution in [0.1, 0.15) is 35.6 Å². The molecule has 0 saturated carbocycles. The first-order valence-corrected chi connectivity index (χ1v) is 9.61. The van der Waals surface area contributed by atoms with Crippen LogP contribution >= 0.6 is 22.7 Å². The second kappa shape index (κ2) is 7.54. The molecule has 1 saturated heterocycles. The third kappa shape index (κ3) is 4.16. The Balaban J connectivity index is 1.54. The number of hydrogen-bond acceptors (Lipinski definition) is 4. The molecule has 3 heterocycles. The van der Waals surface area contributed by atoms with Crippen LogP contribution in [0.15, 0.2) is 35.0 Å². The summed E-state index contributed by atoms with van der Waals surface area (Å²) in [5.74, 6) is 0.916. The molecule has 0 spiro atoms. The molecule has 1 fully saturated rings. The van der Waals surface area contributed by atoms with Gasteiger partial charge in [0.2, 0.25) is 0 Å². The summed E-state index contributed by atoms with van der Waals surface area (Å²) >= 11 is 3.69. The lowest BCUT2D eigenvalue weighted by atomic mass is 9.99. The standard InChI is InChI=1S/C17H24N2S2/c1-14-6-9-19(10-7-14)11-8-18-17(15-4-2-12-20-15)16-5-3-13-21-16/h2-5,12-14,17-18H,6-11H2,1H3. The number of thiophene rings is 2. The van der Waals surface area contributed by atoms with Crippen molar-refractivity contribution in [3.8, 4) is 0 Å². The minimum atomic E-state index is 0.369. The summed E-state index contributed by atoms with van der Waals surface area (Å²) in [6.07, 6.45) is 2.72. The molecule has 4 heteroatoms. The fourth-order valence-electron chi connectivity index (χ4n) is 2.91. The Hall–Kier alpha value is -0.680. The van der Waals surface area contributed by atoms with Crippen molar-refractivity contribution in [3.05, 3.63) is 44.8 Å². The Kier molecular flexibility index (Phi) is 5.47. The monoisotopic (exact) mass is 320 g/mol. The first-order valence-electron chi connectivity index (χ1n) is 7.85. The third-order valence-corrected chi connectivity index (χ3v) is 6.18. The van der Waals surface area contributed by atoms with Gasteiger partial charge in [-0.05, 0) is 54.7 Å². The average Bonchev–Trinajstić information content (AvgIpc) is 3.19. The SMILES string of the molecule is CC1CCN(CCNC(c2cccs2)c2cccs2)CC1. The summed E-state index contributed by atoms with van der Waals surface area (Å²) in [5.41, 5.74) is 0. The second-order valence-electron chi connectivity index (χ2n) is 5.94. The van der Waals surface area contributed by atoms with Gasteiger partial charge in [0.25, 0.3) is 0 Å². The molecule has 0 radical (unpaired) electrons. The molecule has 2 aromatic rings. The topological polar surface area (TPSA) is 15.3 Å². The van der Waals surface area contributed by atoms with Gasteiger partial charge in [0.15, 0.2) is 0 Å². The summed E-state index contributed by atoms with van der Waals surface area (Å²) in [4.78, 5) is 5.45. The number of hydrogen-bond donors (Lipinski definition) is 1. The van der Waals surface area contributed by atoms with E-state index in [-0.39, 0.29) is 0 Å². The largest absolute Gasteiger partial charge is 0.304 e. The lowest BCUT2D eigenvalue weighted by Gasteiger charge is -2.30. The van der Waals surface area contributed by atoms with Crippen molar-refractivity contribution in [1.82, 2.24) is 10.2 Å². The molecule has 1 aliphatic heterocycles. The molecule has 0 bridgehead atoms. The Bertz CT molecular complexity index is 465. The number of nitrogens with one attached hydrogen (secondary N) is 1. The molecule has 0 aromatic carbocycles. The lowest BCUT2D eigenvalue weighted by Crippen LogP contribution is -2.38. The first kappa shape index (κ1) is 15.2. The number of likely N-dealkylation sites (tertiary alicyclic amines) is 1. The van der Waals surface area contributed by atoms with Crippen molar-refractivity contribution in [2.75, 3.05) is 26.2 Å². The molecule has 21 heavy (non-hydrogen) atoms. The molecule has 2 nitrogen and oxygen atoms in total. The van der Waals surface area contributed by atoms with Crippen molar-refractivity contribution >= 4 is 22.7 Å². The van der Waals surface area contributed by atoms with Crippen LogP contribution in [0.4, 0.5) is 0 Å². The van der Waals surface area contributed by atoms with Gasteiger partial charge in [0.1, 0.15) is 0 Å². The van der Waals surface area contributed by atoms with Gasteiger partial charge in [-0.15, -0.1) is 22.7 Å². The molecule has 114 valence electrons. The number of rotatable bonds is 6. The van der Waals surface area contributed by atoms with Gasteiger partial charge in [-0.2, -0.15) is 0 Å². The molecule has 0 amide bonds. The van der Waals surface area contributed by atoms with Gasteiger partial charge in [-0.1, -0.05) is 19.1 Å². The molecule has 0 atom stereocenters. The van der Waals surface area contributed by atoms with Crippen LogP contribution < -0.4 is 5.32 Å². The Morgan fingerprint density at radius 3 is 2.29 bits per heavy atom. The first-order chi connectivity index (χ1) is 10.3. The maximum Gasteiger partial charge on any atom is 0.0765 e. The van der Waals surface area contributed by atoms with E-state index >= 15 is 0 Å². The summed E-state index contributed by atoms with van der Waals surface area (Å²) in [6, 6.07) is 9.14. The van der Waals surface area contributed by atoms with E-state index in [0.29, 0.717) is 6.04 Å². The zero-order valence-electron chi connectivity index (χ0n) is 12.6. The third-order valence-electron chi connectivity index (χ3n) is 4.31. The average molecular weight is 321 g/mol. The maximum absolute atomic E-state index is 3.76. The smallest absolute Gasteiger partial charge is 0.0765 e. The predicted octanol–water partition coefficient (Wildman–Crippen LogP) is 4.22. The highest BCUT2D eigenvalue weighted by molar-refractivity contribution is 7.11. The zero-order valence-corrected chi connectivity index (χ0v) is 14.3. The van der Waals surface area contributed by atoms with Gasteiger partial charge in [0, 0.05) is 22.8 Å². The fraction of sp³-hybridized carbons (Fsp3) is 0.529. The maximum atomic E-state index is 3.76. The van der Waals surface area contributed by atoms with Gasteiger partial charge in [0.05, 0.1) is 6.04 Å². The van der Waals surface area contributed by atoms with E-state index in [1.165, 1.54) is 42.2 Å². The Labute approximate surface area is 135 Å². The van der Waals surface area contributed by atoms with Gasteiger partial charge < -0.3 is 10.2 Å². The van der Waals surface area contributed by atoms with Crippen molar-refractivity contribution in [2.24, 2.45) is 5.92 Å². The van der Waals surface area contributed by atoms with Crippen LogP contribution in [0.5, 0.6) is 0 Å². The van der Waals surface area contributed by atoms with Crippen molar-refractivity contribution < 1.29 is 0 Å². The van der Waals surface area contributed by atoms with Crippen LogP contribution in [0.2, 0.25) is 0 Å². The molecule has 1 aliphatic rings. The van der Waals surface area contributed by atoms with Gasteiger partial charge >= 0.3 is 0 Å². The fourth-order valence-corrected chi connectivity index (χ4v) is 4.62. The van der Waals surface area contributed by atoms with Crippen LogP contribution in [0.25, 0.3) is 0 Å². The summed E-state index contributed by atoms with van der Waals surface area (Å²) in [5, 5.41) is 8.10. The van der Waals surface area contributed by atoms with Crippen molar-refractivity contribution in [3.63, 3.8) is 0 Å². The minimum absolute atomic E-state index is 0.369. The summed E-state index contributed by atoms with van der Waals surface area (Å²) in [7, 11) is 0. The lowest BCUT2D eigenvalue weighted by molar-refractivity contribution is 0.192. The van der Waals surface area contributed by atoms with Crippen LogP contribution in [0.3, 0.4) is 0 Å². The minimum Gasteiger partial charge on any atom is -0.304 e. The predicted molar refractivity (Wildman–Crippen MR) is 93.3 cm³/mol. The molecular formula is C17H24N2S2. The Morgan fingerprint density at radius 2 is 1.76 bits per heavy atom. The van der Waals surface area contributed by atoms with E-state index in [9.17, 15) is 0 Å². The molecular weight excluding hydrogens is 296 g/mol. The van der Waals surface area contributed by atoms with Crippen molar-refractivity contribution in [1.29, 1.82) is 0 Å².